The third kappa shape index (κ3) is 5.06. The predicted octanol–water partition coefficient (Wildman–Crippen LogP) is 4.98. The molecule has 4 aromatic heterocycles. The zero-order chi connectivity index (χ0) is 25.9. The second kappa shape index (κ2) is 9.97. The summed E-state index contributed by atoms with van der Waals surface area (Å²) in [6, 6.07) is 8.10. The summed E-state index contributed by atoms with van der Waals surface area (Å²) < 4.78 is 22.7. The number of aromatic nitrogens is 6. The minimum atomic E-state index is -0.527. The van der Waals surface area contributed by atoms with Gasteiger partial charge in [0.05, 0.1) is 17.4 Å². The maximum Gasteiger partial charge on any atom is 0.215 e. The SMILES string of the molecule is C=C(C)CCN(C=O)c1cc2c(Nc3cc(C)c(Oc4ccn5ncnc5c4)cc3F)ncnc2cn1. The van der Waals surface area contributed by atoms with E-state index in [0.29, 0.717) is 58.2 Å². The number of rotatable bonds is 9. The lowest BCUT2D eigenvalue weighted by atomic mass is 10.1. The third-order valence-electron chi connectivity index (χ3n) is 5.71. The van der Waals surface area contributed by atoms with Gasteiger partial charge in [0.25, 0.3) is 0 Å². The molecular formula is C26H23FN8O2. The van der Waals surface area contributed by atoms with Gasteiger partial charge in [-0.05, 0) is 44.0 Å². The van der Waals surface area contributed by atoms with E-state index in [1.807, 2.05) is 13.8 Å². The fourth-order valence-electron chi connectivity index (χ4n) is 3.72. The van der Waals surface area contributed by atoms with Crippen LogP contribution >= 0.6 is 0 Å². The van der Waals surface area contributed by atoms with Crippen molar-refractivity contribution in [3.05, 3.63) is 78.9 Å². The average Bonchev–Trinajstić information content (AvgIpc) is 3.35. The molecule has 1 N–H and O–H groups in total. The van der Waals surface area contributed by atoms with Gasteiger partial charge in [-0.2, -0.15) is 5.10 Å². The second-order valence-corrected chi connectivity index (χ2v) is 8.54. The third-order valence-corrected chi connectivity index (χ3v) is 5.71. The number of aryl methyl sites for hydroxylation is 1. The number of amides is 1. The molecule has 186 valence electrons. The van der Waals surface area contributed by atoms with Crippen LogP contribution in [0.5, 0.6) is 11.5 Å². The van der Waals surface area contributed by atoms with Crippen molar-refractivity contribution in [1.82, 2.24) is 29.5 Å². The lowest BCUT2D eigenvalue weighted by molar-refractivity contribution is -0.107. The van der Waals surface area contributed by atoms with Gasteiger partial charge in [0.15, 0.2) is 5.65 Å². The number of nitrogens with one attached hydrogen (secondary N) is 1. The van der Waals surface area contributed by atoms with Crippen molar-refractivity contribution in [2.24, 2.45) is 0 Å². The second-order valence-electron chi connectivity index (χ2n) is 8.54. The molecule has 11 heteroatoms. The van der Waals surface area contributed by atoms with E-state index in [4.69, 9.17) is 4.74 Å². The first-order valence-corrected chi connectivity index (χ1v) is 11.4. The summed E-state index contributed by atoms with van der Waals surface area (Å²) in [4.78, 5) is 30.2. The zero-order valence-electron chi connectivity index (χ0n) is 20.2. The highest BCUT2D eigenvalue weighted by atomic mass is 19.1. The van der Waals surface area contributed by atoms with Crippen molar-refractivity contribution in [2.45, 2.75) is 20.3 Å². The number of benzene rings is 1. The van der Waals surface area contributed by atoms with E-state index in [2.05, 4.69) is 36.9 Å². The van der Waals surface area contributed by atoms with E-state index in [0.717, 1.165) is 12.0 Å². The monoisotopic (exact) mass is 498 g/mol. The summed E-state index contributed by atoms with van der Waals surface area (Å²) in [6.07, 6.45) is 7.44. The first-order valence-electron chi connectivity index (χ1n) is 11.4. The standard InChI is InChI=1S/C26H23FN8O2/c1-16(2)4-6-34(15-36)24-10-19-22(12-28-24)29-13-31-26(19)33-21-8-17(3)23(11-20(21)27)37-18-5-7-35-25(9-18)30-14-32-35/h5,7-15H,1,4,6H2,2-3H3,(H,29,31,33). The summed E-state index contributed by atoms with van der Waals surface area (Å²) in [5.41, 5.74) is 3.04. The van der Waals surface area contributed by atoms with E-state index in [1.165, 1.54) is 23.6 Å². The fourth-order valence-corrected chi connectivity index (χ4v) is 3.72. The Morgan fingerprint density at radius 3 is 2.86 bits per heavy atom. The van der Waals surface area contributed by atoms with Crippen molar-refractivity contribution in [2.75, 3.05) is 16.8 Å². The van der Waals surface area contributed by atoms with Crippen LogP contribution in [-0.2, 0) is 4.79 Å². The Balaban J connectivity index is 1.43. The van der Waals surface area contributed by atoms with Gasteiger partial charge in [0, 0.05) is 30.3 Å². The predicted molar refractivity (Wildman–Crippen MR) is 138 cm³/mol. The van der Waals surface area contributed by atoms with E-state index in [-0.39, 0.29) is 5.69 Å². The van der Waals surface area contributed by atoms with Crippen LogP contribution in [0.25, 0.3) is 16.6 Å². The molecule has 0 bridgehead atoms. The van der Waals surface area contributed by atoms with Crippen molar-refractivity contribution in [3.63, 3.8) is 0 Å². The molecule has 37 heavy (non-hydrogen) atoms. The minimum Gasteiger partial charge on any atom is -0.457 e. The Bertz CT molecular complexity index is 1630. The molecular weight excluding hydrogens is 475 g/mol. The Morgan fingerprint density at radius 1 is 1.19 bits per heavy atom. The summed E-state index contributed by atoms with van der Waals surface area (Å²) in [6.45, 7) is 8.03. The molecule has 0 saturated heterocycles. The Hall–Kier alpha value is -4.93. The largest absolute Gasteiger partial charge is 0.457 e. The highest BCUT2D eigenvalue weighted by molar-refractivity contribution is 5.93. The average molecular weight is 499 g/mol. The van der Waals surface area contributed by atoms with E-state index in [1.54, 1.807) is 41.2 Å². The molecule has 0 atom stereocenters. The molecule has 0 fully saturated rings. The van der Waals surface area contributed by atoms with Crippen molar-refractivity contribution >= 4 is 40.3 Å². The summed E-state index contributed by atoms with van der Waals surface area (Å²) >= 11 is 0. The quantitative estimate of drug-likeness (QED) is 0.224. The number of carbonyl (C=O) groups is 1. The van der Waals surface area contributed by atoms with Gasteiger partial charge >= 0.3 is 0 Å². The van der Waals surface area contributed by atoms with Gasteiger partial charge in [0.1, 0.15) is 41.6 Å². The highest BCUT2D eigenvalue weighted by Gasteiger charge is 2.15. The molecule has 5 rings (SSSR count). The van der Waals surface area contributed by atoms with Gasteiger partial charge in [-0.25, -0.2) is 28.8 Å². The highest BCUT2D eigenvalue weighted by Crippen LogP contribution is 2.33. The smallest absolute Gasteiger partial charge is 0.215 e. The Labute approximate surface area is 211 Å². The number of anilines is 3. The number of ether oxygens (including phenoxy) is 1. The maximum absolute atomic E-state index is 15.2. The minimum absolute atomic E-state index is 0.214. The normalized spacial score (nSPS) is 11.0. The molecule has 0 unspecified atom stereocenters. The molecule has 0 radical (unpaired) electrons. The van der Waals surface area contributed by atoms with Gasteiger partial charge in [-0.3, -0.25) is 9.69 Å². The zero-order valence-corrected chi connectivity index (χ0v) is 20.2. The molecule has 0 aliphatic rings. The molecule has 10 nitrogen and oxygen atoms in total. The van der Waals surface area contributed by atoms with Crippen molar-refractivity contribution in [3.8, 4) is 11.5 Å². The molecule has 1 aromatic carbocycles. The van der Waals surface area contributed by atoms with Crippen LogP contribution in [0.4, 0.5) is 21.7 Å². The van der Waals surface area contributed by atoms with E-state index in [9.17, 15) is 4.79 Å². The van der Waals surface area contributed by atoms with E-state index >= 15 is 4.39 Å². The number of pyridine rings is 2. The molecule has 1 amide bonds. The molecule has 0 aliphatic carbocycles. The topological polar surface area (TPSA) is 110 Å². The number of halogens is 1. The summed E-state index contributed by atoms with van der Waals surface area (Å²) in [5, 5.41) is 7.69. The van der Waals surface area contributed by atoms with Crippen LogP contribution in [0.3, 0.4) is 0 Å². The first-order chi connectivity index (χ1) is 17.9. The van der Waals surface area contributed by atoms with Gasteiger partial charge in [0.2, 0.25) is 6.41 Å². The van der Waals surface area contributed by atoms with Crippen LogP contribution in [0.1, 0.15) is 18.9 Å². The maximum atomic E-state index is 15.2. The number of carbonyl (C=O) groups excluding carboxylic acids is 1. The van der Waals surface area contributed by atoms with Crippen molar-refractivity contribution < 1.29 is 13.9 Å². The summed E-state index contributed by atoms with van der Waals surface area (Å²) in [5.74, 6) is 1.17. The lowest BCUT2D eigenvalue weighted by Crippen LogP contribution is -2.23. The molecule has 5 aromatic rings. The van der Waals surface area contributed by atoms with Gasteiger partial charge in [-0.1, -0.05) is 5.57 Å². The Morgan fingerprint density at radius 2 is 2.05 bits per heavy atom. The number of nitrogens with zero attached hydrogens (tertiary/aromatic N) is 7. The molecule has 0 saturated carbocycles. The van der Waals surface area contributed by atoms with Gasteiger partial charge in [-0.15, -0.1) is 6.58 Å². The fraction of sp³-hybridized carbons (Fsp3) is 0.154. The van der Waals surface area contributed by atoms with E-state index < -0.39 is 5.82 Å². The number of hydrogen-bond donors (Lipinski definition) is 1. The van der Waals surface area contributed by atoms with Crippen LogP contribution < -0.4 is 15.0 Å². The van der Waals surface area contributed by atoms with Crippen LogP contribution in [0.2, 0.25) is 0 Å². The lowest BCUT2D eigenvalue weighted by Gasteiger charge is -2.17. The van der Waals surface area contributed by atoms with Gasteiger partial charge < -0.3 is 10.1 Å². The molecule has 0 aliphatic heterocycles. The van der Waals surface area contributed by atoms with Crippen LogP contribution in [0, 0.1) is 12.7 Å². The number of hydrogen-bond acceptors (Lipinski definition) is 8. The molecule has 4 heterocycles. The Kier molecular flexibility index (Phi) is 6.42. The first kappa shape index (κ1) is 23.8. The van der Waals surface area contributed by atoms with Crippen LogP contribution in [0.15, 0.2) is 67.5 Å². The molecule has 0 spiro atoms. The summed E-state index contributed by atoms with van der Waals surface area (Å²) in [7, 11) is 0. The van der Waals surface area contributed by atoms with Crippen LogP contribution in [-0.4, -0.2) is 42.5 Å². The number of fused-ring (bicyclic) bond motifs is 2. The van der Waals surface area contributed by atoms with Crippen molar-refractivity contribution in [1.29, 1.82) is 0 Å².